The monoisotopic (exact) mass is 191 g/mol. The molecule has 0 spiro atoms. The number of aromatic hydroxyl groups is 4. The SMILES string of the molecule is Oc1[c]c2cccc(O)c2c(O)c1O. The minimum absolute atomic E-state index is 0.0720. The lowest BCUT2D eigenvalue weighted by atomic mass is 10.1. The largest absolute Gasteiger partial charge is 0.507 e. The van der Waals surface area contributed by atoms with Gasteiger partial charge in [-0.25, -0.2) is 0 Å². The Hall–Kier alpha value is -2.10. The van der Waals surface area contributed by atoms with Gasteiger partial charge in [-0.05, 0) is 6.07 Å². The van der Waals surface area contributed by atoms with Crippen LogP contribution in [0.2, 0.25) is 0 Å². The van der Waals surface area contributed by atoms with Crippen LogP contribution in [0.1, 0.15) is 0 Å². The Bertz CT molecular complexity index is 505. The van der Waals surface area contributed by atoms with Gasteiger partial charge in [-0.1, -0.05) is 12.1 Å². The molecule has 0 bridgehead atoms. The van der Waals surface area contributed by atoms with Crippen molar-refractivity contribution < 1.29 is 20.4 Å². The molecule has 0 aromatic heterocycles. The maximum atomic E-state index is 9.43. The number of benzene rings is 2. The maximum Gasteiger partial charge on any atom is 0.201 e. The number of rotatable bonds is 0. The van der Waals surface area contributed by atoms with Crippen LogP contribution >= 0.6 is 0 Å². The van der Waals surface area contributed by atoms with Crippen LogP contribution in [-0.4, -0.2) is 20.4 Å². The number of hydrogen-bond acceptors (Lipinski definition) is 4. The van der Waals surface area contributed by atoms with E-state index in [4.69, 9.17) is 5.11 Å². The molecule has 14 heavy (non-hydrogen) atoms. The lowest BCUT2D eigenvalue weighted by molar-refractivity contribution is 0.369. The van der Waals surface area contributed by atoms with Crippen LogP contribution in [-0.2, 0) is 0 Å². The molecule has 0 aliphatic heterocycles. The molecule has 0 heterocycles. The van der Waals surface area contributed by atoms with Crippen LogP contribution in [0.5, 0.6) is 23.0 Å². The summed E-state index contributed by atoms with van der Waals surface area (Å²) in [5.41, 5.74) is 0. The van der Waals surface area contributed by atoms with Crippen molar-refractivity contribution in [3.05, 3.63) is 24.3 Å². The average Bonchev–Trinajstić information content (AvgIpc) is 2.14. The summed E-state index contributed by atoms with van der Waals surface area (Å²) < 4.78 is 0. The fourth-order valence-corrected chi connectivity index (χ4v) is 1.31. The molecule has 2 rings (SSSR count). The normalized spacial score (nSPS) is 10.6. The molecule has 0 aliphatic rings. The Morgan fingerprint density at radius 2 is 1.64 bits per heavy atom. The van der Waals surface area contributed by atoms with Gasteiger partial charge < -0.3 is 20.4 Å². The van der Waals surface area contributed by atoms with Gasteiger partial charge in [0.05, 0.1) is 5.39 Å². The van der Waals surface area contributed by atoms with Gasteiger partial charge in [-0.3, -0.25) is 0 Å². The Morgan fingerprint density at radius 1 is 0.929 bits per heavy atom. The van der Waals surface area contributed by atoms with E-state index < -0.39 is 17.2 Å². The first-order valence-corrected chi connectivity index (χ1v) is 3.89. The maximum absolute atomic E-state index is 9.43. The van der Waals surface area contributed by atoms with E-state index in [-0.39, 0.29) is 11.1 Å². The Morgan fingerprint density at radius 3 is 2.36 bits per heavy atom. The molecule has 0 fully saturated rings. The minimum atomic E-state index is -0.681. The van der Waals surface area contributed by atoms with E-state index in [0.29, 0.717) is 5.39 Å². The van der Waals surface area contributed by atoms with Gasteiger partial charge in [0.1, 0.15) is 5.75 Å². The standard InChI is InChI=1S/C10H7O4/c11-6-3-1-2-5-4-7(12)9(13)10(14)8(5)6/h1-3,11-14H. The first-order chi connectivity index (χ1) is 6.61. The summed E-state index contributed by atoms with van der Waals surface area (Å²) in [5.74, 6) is -1.94. The van der Waals surface area contributed by atoms with Crippen molar-refractivity contribution in [1.29, 1.82) is 0 Å². The number of phenolic OH excluding ortho intramolecular Hbond substituents is 4. The van der Waals surface area contributed by atoms with Crippen molar-refractivity contribution in [3.63, 3.8) is 0 Å². The molecule has 2 aromatic carbocycles. The zero-order valence-electron chi connectivity index (χ0n) is 7.02. The van der Waals surface area contributed by atoms with E-state index in [0.717, 1.165) is 0 Å². The average molecular weight is 191 g/mol. The molecule has 0 saturated carbocycles. The third-order valence-electron chi connectivity index (χ3n) is 1.98. The number of fused-ring (bicyclic) bond motifs is 1. The van der Waals surface area contributed by atoms with Gasteiger partial charge in [-0.2, -0.15) is 0 Å². The van der Waals surface area contributed by atoms with Gasteiger partial charge in [-0.15, -0.1) is 0 Å². The van der Waals surface area contributed by atoms with Crippen molar-refractivity contribution in [2.24, 2.45) is 0 Å². The van der Waals surface area contributed by atoms with Gasteiger partial charge in [0.25, 0.3) is 0 Å². The van der Waals surface area contributed by atoms with E-state index in [2.05, 4.69) is 6.07 Å². The van der Waals surface area contributed by atoms with Gasteiger partial charge in [0, 0.05) is 11.5 Å². The summed E-state index contributed by atoms with van der Waals surface area (Å²) in [5, 5.41) is 37.6. The van der Waals surface area contributed by atoms with Crippen LogP contribution in [0.4, 0.5) is 0 Å². The molecular weight excluding hydrogens is 184 g/mol. The van der Waals surface area contributed by atoms with E-state index in [9.17, 15) is 15.3 Å². The lowest BCUT2D eigenvalue weighted by Crippen LogP contribution is -1.78. The third kappa shape index (κ3) is 1.01. The van der Waals surface area contributed by atoms with E-state index in [1.165, 1.54) is 6.07 Å². The number of hydrogen-bond donors (Lipinski definition) is 4. The first-order valence-electron chi connectivity index (χ1n) is 3.89. The van der Waals surface area contributed by atoms with Crippen LogP contribution < -0.4 is 0 Å². The highest BCUT2D eigenvalue weighted by atomic mass is 16.3. The summed E-state index contributed by atoms with van der Waals surface area (Å²) in [6.07, 6.45) is 0. The summed E-state index contributed by atoms with van der Waals surface area (Å²) in [7, 11) is 0. The predicted octanol–water partition coefficient (Wildman–Crippen LogP) is 1.46. The fourth-order valence-electron chi connectivity index (χ4n) is 1.31. The molecular formula is C10H7O4. The second-order valence-electron chi connectivity index (χ2n) is 2.87. The van der Waals surface area contributed by atoms with Crippen molar-refractivity contribution in [3.8, 4) is 23.0 Å². The molecule has 0 atom stereocenters. The molecule has 1 radical (unpaired) electrons. The van der Waals surface area contributed by atoms with Crippen LogP contribution in [0.25, 0.3) is 10.8 Å². The summed E-state index contributed by atoms with van der Waals surface area (Å²) in [6.45, 7) is 0. The second kappa shape index (κ2) is 2.70. The molecule has 0 amide bonds. The summed E-state index contributed by atoms with van der Waals surface area (Å²) in [6, 6.07) is 6.89. The van der Waals surface area contributed by atoms with Crippen LogP contribution in [0, 0.1) is 6.07 Å². The molecule has 0 unspecified atom stereocenters. The van der Waals surface area contributed by atoms with Gasteiger partial charge >= 0.3 is 0 Å². The Labute approximate surface area is 79.3 Å². The minimum Gasteiger partial charge on any atom is -0.507 e. The van der Waals surface area contributed by atoms with E-state index in [1.54, 1.807) is 12.1 Å². The highest BCUT2D eigenvalue weighted by molar-refractivity contribution is 5.96. The topological polar surface area (TPSA) is 80.9 Å². The highest BCUT2D eigenvalue weighted by Crippen LogP contribution is 2.43. The summed E-state index contributed by atoms with van der Waals surface area (Å²) >= 11 is 0. The number of phenols is 4. The highest BCUT2D eigenvalue weighted by Gasteiger charge is 2.13. The van der Waals surface area contributed by atoms with Crippen molar-refractivity contribution in [1.82, 2.24) is 0 Å². The zero-order chi connectivity index (χ0) is 10.3. The smallest absolute Gasteiger partial charge is 0.201 e. The molecule has 4 N–H and O–H groups in total. The van der Waals surface area contributed by atoms with E-state index >= 15 is 0 Å². The van der Waals surface area contributed by atoms with E-state index in [1.807, 2.05) is 0 Å². The summed E-state index contributed by atoms with van der Waals surface area (Å²) in [4.78, 5) is 0. The van der Waals surface area contributed by atoms with Crippen molar-refractivity contribution in [2.75, 3.05) is 0 Å². The molecule has 4 nitrogen and oxygen atoms in total. The van der Waals surface area contributed by atoms with Gasteiger partial charge in [0.2, 0.25) is 5.75 Å². The molecule has 2 aromatic rings. The first kappa shape index (κ1) is 8.50. The quantitative estimate of drug-likeness (QED) is 0.475. The zero-order valence-corrected chi connectivity index (χ0v) is 7.02. The Balaban J connectivity index is 2.99. The third-order valence-corrected chi connectivity index (χ3v) is 1.98. The van der Waals surface area contributed by atoms with Gasteiger partial charge in [0.15, 0.2) is 11.5 Å². The fraction of sp³-hybridized carbons (Fsp3) is 0. The predicted molar refractivity (Wildman–Crippen MR) is 49.4 cm³/mol. The van der Waals surface area contributed by atoms with Crippen LogP contribution in [0.3, 0.4) is 0 Å². The molecule has 71 valence electrons. The van der Waals surface area contributed by atoms with Crippen molar-refractivity contribution in [2.45, 2.75) is 0 Å². The molecule has 4 heteroatoms. The molecule has 0 saturated heterocycles. The lowest BCUT2D eigenvalue weighted by Gasteiger charge is -2.06. The van der Waals surface area contributed by atoms with Crippen LogP contribution in [0.15, 0.2) is 18.2 Å². The second-order valence-corrected chi connectivity index (χ2v) is 2.87. The van der Waals surface area contributed by atoms with Crippen molar-refractivity contribution >= 4 is 10.8 Å². The Kier molecular flexibility index (Phi) is 1.64. The molecule has 0 aliphatic carbocycles.